The van der Waals surface area contributed by atoms with Gasteiger partial charge in [-0.2, -0.15) is 0 Å². The van der Waals surface area contributed by atoms with Gasteiger partial charge in [0.25, 0.3) is 5.91 Å². The molecule has 1 aromatic heterocycles. The first-order valence-electron chi connectivity index (χ1n) is 10.5. The standard InChI is InChI=1S/C26H23FN2O2/c1-2-31-20-10-6-7-17(16-20)25-24-22(21-11-3-4-12-23(21)28-24)13-14-29(25)26(30)18-8-5-9-19(27)15-18/h3-12,15-16,25,28H,2,13-14H2,1H3/t25-/m0/s1. The van der Waals surface area contributed by atoms with Crippen LogP contribution in [0.1, 0.15) is 40.1 Å². The maximum atomic E-state index is 13.8. The number of nitrogens with one attached hydrogen (secondary N) is 1. The van der Waals surface area contributed by atoms with E-state index in [1.54, 1.807) is 12.1 Å². The second-order valence-electron chi connectivity index (χ2n) is 7.73. The molecule has 5 rings (SSSR count). The minimum Gasteiger partial charge on any atom is -0.494 e. The van der Waals surface area contributed by atoms with Crippen molar-refractivity contribution in [2.24, 2.45) is 0 Å². The molecule has 5 heteroatoms. The number of halogens is 1. The van der Waals surface area contributed by atoms with Gasteiger partial charge in [-0.05, 0) is 60.9 Å². The van der Waals surface area contributed by atoms with Gasteiger partial charge < -0.3 is 14.6 Å². The Bertz CT molecular complexity index is 1260. The van der Waals surface area contributed by atoms with Crippen LogP contribution in [-0.4, -0.2) is 28.9 Å². The number of rotatable bonds is 4. The average Bonchev–Trinajstić information content (AvgIpc) is 3.17. The summed E-state index contributed by atoms with van der Waals surface area (Å²) in [5, 5.41) is 1.18. The van der Waals surface area contributed by atoms with Crippen molar-refractivity contribution < 1.29 is 13.9 Å². The van der Waals surface area contributed by atoms with Crippen molar-refractivity contribution in [3.05, 3.63) is 101 Å². The molecule has 3 aromatic carbocycles. The zero-order valence-corrected chi connectivity index (χ0v) is 17.3. The summed E-state index contributed by atoms with van der Waals surface area (Å²) >= 11 is 0. The van der Waals surface area contributed by atoms with Gasteiger partial charge in [0.15, 0.2) is 0 Å². The van der Waals surface area contributed by atoms with Gasteiger partial charge in [-0.1, -0.05) is 36.4 Å². The van der Waals surface area contributed by atoms with Gasteiger partial charge in [-0.3, -0.25) is 4.79 Å². The number of carbonyl (C=O) groups excluding carboxylic acids is 1. The van der Waals surface area contributed by atoms with Crippen LogP contribution in [0, 0.1) is 5.82 Å². The Morgan fingerprint density at radius 2 is 1.94 bits per heavy atom. The van der Waals surface area contributed by atoms with Crippen LogP contribution in [0.4, 0.5) is 4.39 Å². The van der Waals surface area contributed by atoms with E-state index in [0.29, 0.717) is 18.7 Å². The number of aromatic amines is 1. The van der Waals surface area contributed by atoms with Gasteiger partial charge >= 0.3 is 0 Å². The van der Waals surface area contributed by atoms with Gasteiger partial charge in [0, 0.05) is 28.7 Å². The molecule has 0 radical (unpaired) electrons. The van der Waals surface area contributed by atoms with Crippen LogP contribution in [0.25, 0.3) is 10.9 Å². The molecule has 4 aromatic rings. The molecule has 0 aliphatic carbocycles. The average molecular weight is 414 g/mol. The van der Waals surface area contributed by atoms with E-state index in [1.165, 1.54) is 23.1 Å². The van der Waals surface area contributed by atoms with Crippen molar-refractivity contribution in [1.82, 2.24) is 9.88 Å². The van der Waals surface area contributed by atoms with Crippen LogP contribution in [0.5, 0.6) is 5.75 Å². The first kappa shape index (κ1) is 19.4. The third-order valence-corrected chi connectivity index (χ3v) is 5.85. The molecule has 0 unspecified atom stereocenters. The summed E-state index contributed by atoms with van der Waals surface area (Å²) in [6.07, 6.45) is 0.738. The molecule has 156 valence electrons. The Morgan fingerprint density at radius 1 is 1.10 bits per heavy atom. The van der Waals surface area contributed by atoms with E-state index in [4.69, 9.17) is 4.74 Å². The minimum absolute atomic E-state index is 0.185. The number of ether oxygens (including phenoxy) is 1. The lowest BCUT2D eigenvalue weighted by Crippen LogP contribution is -2.40. The zero-order chi connectivity index (χ0) is 21.4. The molecule has 31 heavy (non-hydrogen) atoms. The van der Waals surface area contributed by atoms with Crippen LogP contribution < -0.4 is 4.74 Å². The van der Waals surface area contributed by atoms with Gasteiger partial charge in [0.1, 0.15) is 11.6 Å². The Hall–Kier alpha value is -3.60. The third-order valence-electron chi connectivity index (χ3n) is 5.85. The second kappa shape index (κ2) is 7.91. The largest absolute Gasteiger partial charge is 0.494 e. The second-order valence-corrected chi connectivity index (χ2v) is 7.73. The molecule has 1 aliphatic heterocycles. The fourth-order valence-corrected chi connectivity index (χ4v) is 4.53. The Morgan fingerprint density at radius 3 is 2.77 bits per heavy atom. The van der Waals surface area contributed by atoms with E-state index in [0.717, 1.165) is 28.9 Å². The number of benzene rings is 3. The summed E-state index contributed by atoms with van der Waals surface area (Å²) in [6.45, 7) is 3.06. The highest BCUT2D eigenvalue weighted by Gasteiger charge is 2.35. The lowest BCUT2D eigenvalue weighted by Gasteiger charge is -2.36. The quantitative estimate of drug-likeness (QED) is 0.480. The number of aromatic nitrogens is 1. The van der Waals surface area contributed by atoms with Gasteiger partial charge in [-0.25, -0.2) is 4.39 Å². The van der Waals surface area contributed by atoms with E-state index in [9.17, 15) is 9.18 Å². The van der Waals surface area contributed by atoms with Crippen LogP contribution in [0.15, 0.2) is 72.8 Å². The summed E-state index contributed by atoms with van der Waals surface area (Å²) in [5.74, 6) is 0.168. The molecular weight excluding hydrogens is 391 g/mol. The fraction of sp³-hybridized carbons (Fsp3) is 0.192. The first-order valence-corrected chi connectivity index (χ1v) is 10.5. The van der Waals surface area contributed by atoms with E-state index in [-0.39, 0.29) is 11.9 Å². The van der Waals surface area contributed by atoms with E-state index in [2.05, 4.69) is 17.1 Å². The molecule has 0 fully saturated rings. The van der Waals surface area contributed by atoms with Crippen molar-refractivity contribution in [3.63, 3.8) is 0 Å². The minimum atomic E-state index is -0.413. The zero-order valence-electron chi connectivity index (χ0n) is 17.3. The monoisotopic (exact) mass is 414 g/mol. The summed E-state index contributed by atoms with van der Waals surface area (Å²) in [4.78, 5) is 18.9. The molecule has 1 aliphatic rings. The highest BCUT2D eigenvalue weighted by atomic mass is 19.1. The Balaban J connectivity index is 1.66. The topological polar surface area (TPSA) is 45.3 Å². The Kier molecular flexibility index (Phi) is 4.94. The molecule has 1 atom stereocenters. The molecule has 0 bridgehead atoms. The Labute approximate surface area is 180 Å². The summed E-state index contributed by atoms with van der Waals surface area (Å²) in [7, 11) is 0. The van der Waals surface area contributed by atoms with Crippen LogP contribution in [0.3, 0.4) is 0 Å². The number of hydrogen-bond acceptors (Lipinski definition) is 2. The normalized spacial score (nSPS) is 15.7. The number of para-hydroxylation sites is 1. The lowest BCUT2D eigenvalue weighted by atomic mass is 9.91. The highest BCUT2D eigenvalue weighted by molar-refractivity contribution is 5.95. The SMILES string of the molecule is CCOc1cccc([C@H]2c3[nH]c4ccccc4c3CCN2C(=O)c2cccc(F)c2)c1. The molecule has 0 saturated heterocycles. The molecule has 0 spiro atoms. The number of carbonyl (C=O) groups is 1. The van der Waals surface area contributed by atoms with Gasteiger partial charge in [0.2, 0.25) is 0 Å². The van der Waals surface area contributed by atoms with Crippen LogP contribution in [0.2, 0.25) is 0 Å². The molecule has 1 N–H and O–H groups in total. The van der Waals surface area contributed by atoms with Crippen molar-refractivity contribution in [2.45, 2.75) is 19.4 Å². The van der Waals surface area contributed by atoms with E-state index >= 15 is 0 Å². The molecule has 0 saturated carbocycles. The van der Waals surface area contributed by atoms with Crippen molar-refractivity contribution in [2.75, 3.05) is 13.2 Å². The van der Waals surface area contributed by atoms with Gasteiger partial charge in [0.05, 0.1) is 12.6 Å². The molecule has 1 amide bonds. The van der Waals surface area contributed by atoms with Crippen molar-refractivity contribution >= 4 is 16.8 Å². The fourth-order valence-electron chi connectivity index (χ4n) is 4.53. The predicted octanol–water partition coefficient (Wildman–Crippen LogP) is 5.49. The number of hydrogen-bond donors (Lipinski definition) is 1. The number of H-pyrrole nitrogens is 1. The first-order chi connectivity index (χ1) is 15.2. The third kappa shape index (κ3) is 3.46. The highest BCUT2D eigenvalue weighted by Crippen LogP contribution is 2.39. The summed E-state index contributed by atoms with van der Waals surface area (Å²) in [5.41, 5.74) is 4.60. The summed E-state index contributed by atoms with van der Waals surface area (Å²) in [6, 6.07) is 21.7. The number of amides is 1. The lowest BCUT2D eigenvalue weighted by molar-refractivity contribution is 0.0691. The smallest absolute Gasteiger partial charge is 0.254 e. The summed E-state index contributed by atoms with van der Waals surface area (Å²) < 4.78 is 19.6. The molecule has 2 heterocycles. The predicted molar refractivity (Wildman–Crippen MR) is 119 cm³/mol. The van der Waals surface area contributed by atoms with E-state index < -0.39 is 5.82 Å². The van der Waals surface area contributed by atoms with Gasteiger partial charge in [-0.15, -0.1) is 0 Å². The molecular formula is C26H23FN2O2. The maximum Gasteiger partial charge on any atom is 0.254 e. The molecule has 4 nitrogen and oxygen atoms in total. The van der Waals surface area contributed by atoms with Crippen LogP contribution in [-0.2, 0) is 6.42 Å². The maximum absolute atomic E-state index is 13.8. The number of nitrogens with zero attached hydrogens (tertiary/aromatic N) is 1. The van der Waals surface area contributed by atoms with Crippen LogP contribution >= 0.6 is 0 Å². The van der Waals surface area contributed by atoms with Crippen molar-refractivity contribution in [1.29, 1.82) is 0 Å². The van der Waals surface area contributed by atoms with E-state index in [1.807, 2.05) is 48.2 Å². The number of fused-ring (bicyclic) bond motifs is 3. The van der Waals surface area contributed by atoms with Crippen molar-refractivity contribution in [3.8, 4) is 5.75 Å².